The smallest absolute Gasteiger partial charge is 0.164 e. The summed E-state index contributed by atoms with van der Waals surface area (Å²) in [4.78, 5) is 15.4. The third kappa shape index (κ3) is 5.90. The zero-order valence-electron chi connectivity index (χ0n) is 33.6. The number of benzene rings is 9. The van der Waals surface area contributed by atoms with Crippen LogP contribution in [-0.2, 0) is 0 Å². The lowest BCUT2D eigenvalue weighted by atomic mass is 9.99. The van der Waals surface area contributed by atoms with Gasteiger partial charge >= 0.3 is 0 Å². The van der Waals surface area contributed by atoms with Gasteiger partial charge in [-0.25, -0.2) is 15.0 Å². The summed E-state index contributed by atoms with van der Waals surface area (Å²) in [5.41, 5.74) is 14.0. The van der Waals surface area contributed by atoms with E-state index >= 15 is 0 Å². The highest BCUT2D eigenvalue weighted by Crippen LogP contribution is 2.43. The lowest BCUT2D eigenvalue weighted by molar-refractivity contribution is 1.07. The van der Waals surface area contributed by atoms with Gasteiger partial charge in [0.15, 0.2) is 17.5 Å². The minimum atomic E-state index is 0.607. The van der Waals surface area contributed by atoms with Crippen LogP contribution in [0.1, 0.15) is 0 Å². The van der Waals surface area contributed by atoms with Gasteiger partial charge in [-0.2, -0.15) is 0 Å². The predicted octanol–water partition coefficient (Wildman–Crippen LogP) is 14.4. The van der Waals surface area contributed by atoms with Gasteiger partial charge in [-0.1, -0.05) is 188 Å². The Kier molecular flexibility index (Phi) is 8.42. The first kappa shape index (κ1) is 35.5. The van der Waals surface area contributed by atoms with Crippen molar-refractivity contribution in [2.75, 3.05) is 0 Å². The van der Waals surface area contributed by atoms with E-state index in [9.17, 15) is 0 Å². The summed E-state index contributed by atoms with van der Waals surface area (Å²) >= 11 is 0. The average Bonchev–Trinajstić information content (AvgIpc) is 3.87. The van der Waals surface area contributed by atoms with Crippen LogP contribution >= 0.6 is 0 Å². The van der Waals surface area contributed by atoms with Gasteiger partial charge in [0.05, 0.1) is 27.8 Å². The molecule has 12 aromatic rings. The van der Waals surface area contributed by atoms with E-state index in [1.165, 1.54) is 43.7 Å². The van der Waals surface area contributed by atoms with E-state index in [-0.39, 0.29) is 0 Å². The van der Waals surface area contributed by atoms with Crippen LogP contribution in [0, 0.1) is 0 Å². The molecule has 0 atom stereocenters. The van der Waals surface area contributed by atoms with Crippen LogP contribution in [0.2, 0.25) is 0 Å². The number of hydrogen-bond acceptors (Lipinski definition) is 3. The van der Waals surface area contributed by atoms with Gasteiger partial charge in [-0.15, -0.1) is 0 Å². The average molecular weight is 792 g/mol. The van der Waals surface area contributed by atoms with Crippen LogP contribution in [0.15, 0.2) is 224 Å². The molecule has 0 saturated heterocycles. The van der Waals surface area contributed by atoms with Gasteiger partial charge in [-0.05, 0) is 53.1 Å². The maximum atomic E-state index is 5.17. The van der Waals surface area contributed by atoms with E-state index in [1.54, 1.807) is 0 Å². The maximum absolute atomic E-state index is 5.17. The van der Waals surface area contributed by atoms with Crippen molar-refractivity contribution in [1.82, 2.24) is 24.1 Å². The summed E-state index contributed by atoms with van der Waals surface area (Å²) < 4.78 is 4.86. The van der Waals surface area contributed by atoms with Crippen LogP contribution in [0.25, 0.3) is 111 Å². The Bertz CT molecular complexity index is 3500. The van der Waals surface area contributed by atoms with E-state index in [2.05, 4.69) is 197 Å². The molecule has 0 fully saturated rings. The second-order valence-electron chi connectivity index (χ2n) is 15.6. The standard InChI is InChI=1S/C57H37N5/c1-5-18-38(19-6-1)44-34-32-42(57-59-55(40-22-9-3-10-23-40)58-56(60-57)41-24-11-4-12-25-41)36-52(44)62-51-31-17-28-45(39-20-7-2-8-21-39)54(51)48-35-33-43(37-53(48)62)61-49-29-15-13-26-46(49)47-27-14-16-30-50(47)61/h1-37H. The summed E-state index contributed by atoms with van der Waals surface area (Å²) in [7, 11) is 0. The molecule has 0 unspecified atom stereocenters. The second-order valence-corrected chi connectivity index (χ2v) is 15.6. The van der Waals surface area contributed by atoms with Crippen LogP contribution in [-0.4, -0.2) is 24.1 Å². The highest BCUT2D eigenvalue weighted by molar-refractivity contribution is 6.17. The normalized spacial score (nSPS) is 11.5. The number of para-hydroxylation sites is 2. The Morgan fingerprint density at radius 3 is 1.34 bits per heavy atom. The Morgan fingerprint density at radius 1 is 0.274 bits per heavy atom. The molecule has 0 amide bonds. The molecule has 0 aliphatic rings. The lowest BCUT2D eigenvalue weighted by Crippen LogP contribution is -2.02. The number of fused-ring (bicyclic) bond motifs is 6. The SMILES string of the molecule is c1ccc(-c2nc(-c3ccccc3)nc(-c3ccc(-c4ccccc4)c(-n4c5cc(-n6c7ccccc7c7ccccc76)ccc5c5c(-c6ccccc6)cccc54)c3)n2)cc1. The van der Waals surface area contributed by atoms with Crippen LogP contribution in [0.3, 0.4) is 0 Å². The lowest BCUT2D eigenvalue weighted by Gasteiger charge is -2.17. The third-order valence-electron chi connectivity index (χ3n) is 12.0. The van der Waals surface area contributed by atoms with Gasteiger partial charge in [0.2, 0.25) is 0 Å². The minimum Gasteiger partial charge on any atom is -0.309 e. The molecule has 0 aliphatic heterocycles. The van der Waals surface area contributed by atoms with E-state index in [0.717, 1.165) is 50.2 Å². The first-order valence-electron chi connectivity index (χ1n) is 21.0. The summed E-state index contributed by atoms with van der Waals surface area (Å²) in [5, 5.41) is 4.84. The summed E-state index contributed by atoms with van der Waals surface area (Å²) in [6.45, 7) is 0. The number of rotatable bonds is 7. The van der Waals surface area contributed by atoms with Crippen molar-refractivity contribution in [1.29, 1.82) is 0 Å². The zero-order valence-corrected chi connectivity index (χ0v) is 33.6. The van der Waals surface area contributed by atoms with Crippen molar-refractivity contribution in [3.63, 3.8) is 0 Å². The summed E-state index contributed by atoms with van der Waals surface area (Å²) in [6.07, 6.45) is 0. The van der Waals surface area contributed by atoms with Gasteiger partial charge in [0.1, 0.15) is 0 Å². The van der Waals surface area contributed by atoms with Gasteiger partial charge in [0, 0.05) is 49.5 Å². The fraction of sp³-hybridized carbons (Fsp3) is 0. The Hall–Kier alpha value is -8.41. The van der Waals surface area contributed by atoms with Crippen LogP contribution in [0.4, 0.5) is 0 Å². The van der Waals surface area contributed by atoms with Crippen molar-refractivity contribution in [2.24, 2.45) is 0 Å². The Balaban J connectivity index is 1.18. The topological polar surface area (TPSA) is 48.5 Å². The second kappa shape index (κ2) is 14.7. The molecule has 0 N–H and O–H groups in total. The summed E-state index contributed by atoms with van der Waals surface area (Å²) in [5.74, 6) is 1.86. The Morgan fingerprint density at radius 2 is 0.758 bits per heavy atom. The molecular formula is C57H37N5. The van der Waals surface area contributed by atoms with E-state index in [0.29, 0.717) is 17.5 Å². The number of nitrogens with zero attached hydrogens (tertiary/aromatic N) is 5. The molecule has 0 bridgehead atoms. The van der Waals surface area contributed by atoms with Crippen LogP contribution in [0.5, 0.6) is 0 Å². The van der Waals surface area contributed by atoms with E-state index in [4.69, 9.17) is 15.0 Å². The molecule has 0 spiro atoms. The van der Waals surface area contributed by atoms with Crippen LogP contribution < -0.4 is 0 Å². The molecule has 3 aromatic heterocycles. The van der Waals surface area contributed by atoms with Gasteiger partial charge in [0.25, 0.3) is 0 Å². The molecule has 0 radical (unpaired) electrons. The number of aromatic nitrogens is 5. The molecule has 290 valence electrons. The fourth-order valence-corrected chi connectivity index (χ4v) is 9.17. The highest BCUT2D eigenvalue weighted by atomic mass is 15.0. The molecule has 5 heteroatoms. The largest absolute Gasteiger partial charge is 0.309 e. The van der Waals surface area contributed by atoms with Crippen molar-refractivity contribution < 1.29 is 0 Å². The van der Waals surface area contributed by atoms with E-state index < -0.39 is 0 Å². The fourth-order valence-electron chi connectivity index (χ4n) is 9.17. The molecule has 0 saturated carbocycles. The molecule has 62 heavy (non-hydrogen) atoms. The third-order valence-corrected chi connectivity index (χ3v) is 12.0. The summed E-state index contributed by atoms with van der Waals surface area (Å²) in [6, 6.07) is 79.4. The predicted molar refractivity (Wildman–Crippen MR) is 256 cm³/mol. The first-order chi connectivity index (χ1) is 30.8. The molecule has 5 nitrogen and oxygen atoms in total. The first-order valence-corrected chi connectivity index (χ1v) is 21.0. The van der Waals surface area contributed by atoms with Crippen molar-refractivity contribution in [2.45, 2.75) is 0 Å². The zero-order chi connectivity index (χ0) is 41.0. The quantitative estimate of drug-likeness (QED) is 0.162. The molecule has 12 rings (SSSR count). The van der Waals surface area contributed by atoms with Crippen molar-refractivity contribution in [3.05, 3.63) is 224 Å². The van der Waals surface area contributed by atoms with E-state index in [1.807, 2.05) is 36.4 Å². The molecule has 3 heterocycles. The van der Waals surface area contributed by atoms with Gasteiger partial charge in [-0.3, -0.25) is 0 Å². The Labute approximate surface area is 358 Å². The monoisotopic (exact) mass is 791 g/mol. The van der Waals surface area contributed by atoms with Gasteiger partial charge < -0.3 is 9.13 Å². The highest BCUT2D eigenvalue weighted by Gasteiger charge is 2.22. The maximum Gasteiger partial charge on any atom is 0.164 e. The van der Waals surface area contributed by atoms with Crippen molar-refractivity contribution in [3.8, 4) is 67.8 Å². The molecule has 0 aliphatic carbocycles. The number of hydrogen-bond donors (Lipinski definition) is 0. The van der Waals surface area contributed by atoms with Crippen molar-refractivity contribution >= 4 is 43.6 Å². The molecular weight excluding hydrogens is 755 g/mol. The minimum absolute atomic E-state index is 0.607. The molecule has 9 aromatic carbocycles.